The number of piperidine rings is 1. The zero-order chi connectivity index (χ0) is 21.5. The molecule has 0 aliphatic carbocycles. The highest BCUT2D eigenvalue weighted by Crippen LogP contribution is 2.24. The molecule has 1 aliphatic heterocycles. The second-order valence-corrected chi connectivity index (χ2v) is 7.69. The molecule has 31 heavy (non-hydrogen) atoms. The predicted octanol–water partition coefficient (Wildman–Crippen LogP) is 3.23. The van der Waals surface area contributed by atoms with E-state index in [0.29, 0.717) is 18.8 Å². The average molecular weight is 422 g/mol. The summed E-state index contributed by atoms with van der Waals surface area (Å²) in [5.41, 5.74) is 1.26. The number of benzene rings is 1. The van der Waals surface area contributed by atoms with E-state index in [0.717, 1.165) is 37.3 Å². The van der Waals surface area contributed by atoms with Crippen molar-refractivity contribution in [3.05, 3.63) is 82.9 Å². The molecule has 0 bridgehead atoms. The fraction of sp³-hybridized carbons (Fsp3) is 0.348. The molecule has 0 radical (unpaired) electrons. The van der Waals surface area contributed by atoms with E-state index in [-0.39, 0.29) is 17.8 Å². The molecule has 3 aromatic rings. The number of rotatable bonds is 7. The van der Waals surface area contributed by atoms with Gasteiger partial charge >= 0.3 is 11.7 Å². The van der Waals surface area contributed by atoms with Crippen molar-refractivity contribution in [1.29, 1.82) is 0 Å². The summed E-state index contributed by atoms with van der Waals surface area (Å²) in [7, 11) is 0. The fourth-order valence-electron chi connectivity index (χ4n) is 3.94. The maximum Gasteiger partial charge on any atom is 0.347 e. The van der Waals surface area contributed by atoms with Gasteiger partial charge in [-0.25, -0.2) is 14.6 Å². The van der Waals surface area contributed by atoms with Crippen LogP contribution in [0.2, 0.25) is 0 Å². The average Bonchev–Trinajstić information content (AvgIpc) is 3.31. The van der Waals surface area contributed by atoms with Gasteiger partial charge in [0.25, 0.3) is 0 Å². The second-order valence-electron chi connectivity index (χ2n) is 7.69. The molecule has 0 unspecified atom stereocenters. The molecule has 2 N–H and O–H groups in total. The number of anilines is 1. The number of nitrogens with zero attached hydrogens (tertiary/aromatic N) is 3. The molecule has 8 nitrogen and oxygen atoms in total. The number of urea groups is 1. The Labute approximate surface area is 180 Å². The molecule has 162 valence electrons. The molecule has 4 rings (SSSR count). The summed E-state index contributed by atoms with van der Waals surface area (Å²) in [5.74, 6) is 0.867. The van der Waals surface area contributed by atoms with E-state index < -0.39 is 0 Å². The minimum absolute atomic E-state index is 0.0184. The Morgan fingerprint density at radius 2 is 2.00 bits per heavy atom. The van der Waals surface area contributed by atoms with Gasteiger partial charge in [-0.3, -0.25) is 9.47 Å². The Morgan fingerprint density at radius 3 is 2.77 bits per heavy atom. The van der Waals surface area contributed by atoms with Crippen molar-refractivity contribution in [2.24, 2.45) is 0 Å². The zero-order valence-corrected chi connectivity index (χ0v) is 17.4. The first-order valence-corrected chi connectivity index (χ1v) is 10.6. The molecule has 1 aromatic carbocycles. The maximum absolute atomic E-state index is 12.6. The number of aromatic nitrogens is 2. The Bertz CT molecular complexity index is 1040. The van der Waals surface area contributed by atoms with Crippen molar-refractivity contribution in [2.75, 3.05) is 25.0 Å². The number of nitrogens with one attached hydrogen (secondary N) is 2. The van der Waals surface area contributed by atoms with Gasteiger partial charge in [-0.05, 0) is 61.8 Å². The summed E-state index contributed by atoms with van der Waals surface area (Å²) in [6.45, 7) is 2.86. The van der Waals surface area contributed by atoms with Crippen LogP contribution in [0.1, 0.15) is 36.6 Å². The van der Waals surface area contributed by atoms with Gasteiger partial charge in [-0.2, -0.15) is 0 Å². The number of furan rings is 1. The molecule has 0 saturated carbocycles. The van der Waals surface area contributed by atoms with Gasteiger partial charge in [0.05, 0.1) is 18.8 Å². The third-order valence-electron chi connectivity index (χ3n) is 5.48. The first-order valence-electron chi connectivity index (χ1n) is 10.6. The quantitative estimate of drug-likeness (QED) is 0.611. The summed E-state index contributed by atoms with van der Waals surface area (Å²) in [4.78, 5) is 30.5. The molecular formula is C23H27N5O3. The highest BCUT2D eigenvalue weighted by atomic mass is 16.3. The van der Waals surface area contributed by atoms with E-state index in [2.05, 4.69) is 20.5 Å². The number of carbonyl (C=O) groups is 1. The van der Waals surface area contributed by atoms with Crippen molar-refractivity contribution < 1.29 is 9.21 Å². The van der Waals surface area contributed by atoms with Crippen molar-refractivity contribution in [1.82, 2.24) is 19.8 Å². The van der Waals surface area contributed by atoms with Gasteiger partial charge in [0.2, 0.25) is 0 Å². The molecule has 1 atom stereocenters. The summed E-state index contributed by atoms with van der Waals surface area (Å²) in [5, 5.41) is 5.86. The summed E-state index contributed by atoms with van der Waals surface area (Å²) in [6.07, 6.45) is 8.41. The lowest BCUT2D eigenvalue weighted by molar-refractivity contribution is 0.144. The molecule has 1 fully saturated rings. The van der Waals surface area contributed by atoms with Gasteiger partial charge in [0.1, 0.15) is 5.76 Å². The van der Waals surface area contributed by atoms with Gasteiger partial charge in [0, 0.05) is 24.6 Å². The van der Waals surface area contributed by atoms with Crippen molar-refractivity contribution in [3.63, 3.8) is 0 Å². The van der Waals surface area contributed by atoms with Crippen LogP contribution in [0.15, 0.2) is 70.3 Å². The SMILES string of the molecule is O=C(NC[C@@H](c1ccco1)N1CCCCC1)Nc1cccc(Cn2cccnc2=O)c1. The van der Waals surface area contributed by atoms with Crippen LogP contribution in [-0.2, 0) is 6.54 Å². The number of hydrogen-bond acceptors (Lipinski definition) is 5. The molecule has 8 heteroatoms. The summed E-state index contributed by atoms with van der Waals surface area (Å²) >= 11 is 0. The molecule has 2 aromatic heterocycles. The van der Waals surface area contributed by atoms with E-state index in [9.17, 15) is 9.59 Å². The Balaban J connectivity index is 1.36. The topological polar surface area (TPSA) is 92.4 Å². The van der Waals surface area contributed by atoms with Crippen molar-refractivity contribution in [3.8, 4) is 0 Å². The predicted molar refractivity (Wildman–Crippen MR) is 118 cm³/mol. The highest BCUT2D eigenvalue weighted by Gasteiger charge is 2.24. The first-order chi connectivity index (χ1) is 15.2. The molecule has 0 spiro atoms. The van der Waals surface area contributed by atoms with Crippen LogP contribution in [0.25, 0.3) is 0 Å². The normalized spacial score (nSPS) is 15.4. The number of likely N-dealkylation sites (tertiary alicyclic amines) is 1. The minimum atomic E-state index is -0.305. The summed E-state index contributed by atoms with van der Waals surface area (Å²) < 4.78 is 7.15. The molecular weight excluding hydrogens is 394 g/mol. The summed E-state index contributed by atoms with van der Waals surface area (Å²) in [6, 6.07) is 12.7. The van der Waals surface area contributed by atoms with Gasteiger partial charge in [-0.1, -0.05) is 18.6 Å². The van der Waals surface area contributed by atoms with Gasteiger partial charge in [-0.15, -0.1) is 0 Å². The standard InChI is InChI=1S/C23H27N5O3/c29-22(25-16-20(21-9-5-14-31-21)27-11-2-1-3-12-27)26-19-8-4-7-18(15-19)17-28-13-6-10-24-23(28)30/h4-10,13-15,20H,1-3,11-12,16-17H2,(H2,25,26,29)/t20-/m0/s1. The van der Waals surface area contributed by atoms with Crippen LogP contribution < -0.4 is 16.3 Å². The smallest absolute Gasteiger partial charge is 0.347 e. The third kappa shape index (κ3) is 5.61. The van der Waals surface area contributed by atoms with Gasteiger partial charge < -0.3 is 15.1 Å². The van der Waals surface area contributed by atoms with Crippen molar-refractivity contribution >= 4 is 11.7 Å². The first kappa shape index (κ1) is 20.9. The highest BCUT2D eigenvalue weighted by molar-refractivity contribution is 5.89. The maximum atomic E-state index is 12.6. The molecule has 1 aliphatic rings. The monoisotopic (exact) mass is 421 g/mol. The Hall–Kier alpha value is -3.39. The second kappa shape index (κ2) is 10.1. The van der Waals surface area contributed by atoms with E-state index in [4.69, 9.17) is 4.42 Å². The van der Waals surface area contributed by atoms with Crippen LogP contribution in [0.4, 0.5) is 10.5 Å². The van der Waals surface area contributed by atoms with E-state index in [1.54, 1.807) is 18.5 Å². The lowest BCUT2D eigenvalue weighted by atomic mass is 10.1. The van der Waals surface area contributed by atoms with E-state index in [1.165, 1.54) is 17.2 Å². The van der Waals surface area contributed by atoms with Crippen LogP contribution in [0.5, 0.6) is 0 Å². The molecule has 1 saturated heterocycles. The van der Waals surface area contributed by atoms with Crippen LogP contribution >= 0.6 is 0 Å². The number of hydrogen-bond donors (Lipinski definition) is 2. The Kier molecular flexibility index (Phi) is 6.78. The molecule has 2 amide bonds. The van der Waals surface area contributed by atoms with Crippen LogP contribution in [0, 0.1) is 0 Å². The molecule has 3 heterocycles. The fourth-order valence-corrected chi connectivity index (χ4v) is 3.94. The van der Waals surface area contributed by atoms with Crippen molar-refractivity contribution in [2.45, 2.75) is 31.8 Å². The van der Waals surface area contributed by atoms with E-state index >= 15 is 0 Å². The van der Waals surface area contributed by atoms with E-state index in [1.807, 2.05) is 36.4 Å². The largest absolute Gasteiger partial charge is 0.468 e. The Morgan fingerprint density at radius 1 is 1.13 bits per heavy atom. The number of amides is 2. The van der Waals surface area contributed by atoms with Crippen LogP contribution in [0.3, 0.4) is 0 Å². The minimum Gasteiger partial charge on any atom is -0.468 e. The zero-order valence-electron chi connectivity index (χ0n) is 17.4. The van der Waals surface area contributed by atoms with Gasteiger partial charge in [0.15, 0.2) is 0 Å². The lowest BCUT2D eigenvalue weighted by Crippen LogP contribution is -2.41. The third-order valence-corrected chi connectivity index (χ3v) is 5.48. The number of carbonyl (C=O) groups excluding carboxylic acids is 1. The lowest BCUT2D eigenvalue weighted by Gasteiger charge is -2.33. The van der Waals surface area contributed by atoms with Crippen LogP contribution in [-0.4, -0.2) is 40.1 Å².